The van der Waals surface area contributed by atoms with Crippen molar-refractivity contribution in [3.63, 3.8) is 0 Å². The lowest BCUT2D eigenvalue weighted by molar-refractivity contribution is -0.140. The summed E-state index contributed by atoms with van der Waals surface area (Å²) in [6, 6.07) is -1.09. The van der Waals surface area contributed by atoms with Crippen molar-refractivity contribution in [2.75, 3.05) is 20.8 Å². The van der Waals surface area contributed by atoms with Gasteiger partial charge in [-0.1, -0.05) is 0 Å². The molecule has 0 aromatic carbocycles. The smallest absolute Gasteiger partial charge is 0.408 e. The molecule has 1 amide bonds. The van der Waals surface area contributed by atoms with Crippen LogP contribution in [-0.2, 0) is 19.0 Å². The number of hydrogen-bond donors (Lipinski definition) is 2. The minimum atomic E-state index is -1.15. The van der Waals surface area contributed by atoms with Gasteiger partial charge in [-0.15, -0.1) is 0 Å². The number of methoxy groups -OCH3 is 2. The average molecular weight is 277 g/mol. The fourth-order valence-electron chi connectivity index (χ4n) is 1.35. The molecule has 0 aromatic rings. The molecule has 0 spiro atoms. The van der Waals surface area contributed by atoms with Gasteiger partial charge in [0.25, 0.3) is 0 Å². The van der Waals surface area contributed by atoms with E-state index in [-0.39, 0.29) is 13.0 Å². The third kappa shape index (κ3) is 8.39. The van der Waals surface area contributed by atoms with Crippen LogP contribution in [0, 0.1) is 0 Å². The highest BCUT2D eigenvalue weighted by Crippen LogP contribution is 2.09. The van der Waals surface area contributed by atoms with Crippen LogP contribution in [0.4, 0.5) is 4.79 Å². The molecule has 0 aromatic heterocycles. The Balaban J connectivity index is 4.49. The molecule has 2 N–H and O–H groups in total. The van der Waals surface area contributed by atoms with E-state index in [0.717, 1.165) is 0 Å². The first-order chi connectivity index (χ1) is 8.69. The predicted octanol–water partition coefficient (Wildman–Crippen LogP) is 1.02. The minimum absolute atomic E-state index is 0.0961. The Hall–Kier alpha value is -1.34. The number of hydrogen-bond acceptors (Lipinski definition) is 5. The topological polar surface area (TPSA) is 94.1 Å². The van der Waals surface area contributed by atoms with Gasteiger partial charge in [-0.25, -0.2) is 9.59 Å². The van der Waals surface area contributed by atoms with Crippen LogP contribution in [0.2, 0.25) is 0 Å². The number of ether oxygens (including phenoxy) is 3. The average Bonchev–Trinajstić information content (AvgIpc) is 2.24. The quantitative estimate of drug-likeness (QED) is 0.721. The number of carboxylic acids is 1. The van der Waals surface area contributed by atoms with Crippen LogP contribution in [0.5, 0.6) is 0 Å². The summed E-state index contributed by atoms with van der Waals surface area (Å²) in [5.74, 6) is -1.15. The summed E-state index contributed by atoms with van der Waals surface area (Å²) in [6.07, 6.45) is -1.09. The lowest BCUT2D eigenvalue weighted by Gasteiger charge is -2.23. The van der Waals surface area contributed by atoms with E-state index in [1.165, 1.54) is 14.2 Å². The van der Waals surface area contributed by atoms with Gasteiger partial charge in [-0.3, -0.25) is 0 Å². The molecule has 0 rings (SSSR count). The van der Waals surface area contributed by atoms with Crippen molar-refractivity contribution in [3.05, 3.63) is 0 Å². The van der Waals surface area contributed by atoms with Gasteiger partial charge in [0, 0.05) is 20.6 Å². The lowest BCUT2D eigenvalue weighted by atomic mass is 10.1. The zero-order valence-corrected chi connectivity index (χ0v) is 12.1. The Labute approximate surface area is 113 Å². The molecule has 0 fully saturated rings. The van der Waals surface area contributed by atoms with Gasteiger partial charge < -0.3 is 24.6 Å². The molecule has 2 atom stereocenters. The van der Waals surface area contributed by atoms with E-state index in [0.29, 0.717) is 0 Å². The van der Waals surface area contributed by atoms with Crippen LogP contribution in [0.3, 0.4) is 0 Å². The normalized spacial score (nSPS) is 14.6. The van der Waals surface area contributed by atoms with Crippen molar-refractivity contribution in [1.29, 1.82) is 0 Å². The summed E-state index contributed by atoms with van der Waals surface area (Å²) in [4.78, 5) is 22.6. The van der Waals surface area contributed by atoms with Crippen LogP contribution in [0.1, 0.15) is 27.2 Å². The second kappa shape index (κ2) is 7.96. The number of carbonyl (C=O) groups excluding carboxylic acids is 1. The zero-order chi connectivity index (χ0) is 15.1. The van der Waals surface area contributed by atoms with Gasteiger partial charge in [0.1, 0.15) is 11.6 Å². The molecule has 0 radical (unpaired) electrons. The summed E-state index contributed by atoms with van der Waals surface area (Å²) < 4.78 is 15.0. The second-order valence-electron chi connectivity index (χ2n) is 5.09. The van der Waals surface area contributed by atoms with Gasteiger partial charge in [-0.2, -0.15) is 0 Å². The van der Waals surface area contributed by atoms with Gasteiger partial charge in [0.05, 0.1) is 12.7 Å². The molecule has 0 saturated heterocycles. The number of aliphatic carboxylic acids is 1. The summed E-state index contributed by atoms with van der Waals surface area (Å²) >= 11 is 0. The van der Waals surface area contributed by atoms with Crippen molar-refractivity contribution in [2.24, 2.45) is 0 Å². The third-order valence-corrected chi connectivity index (χ3v) is 2.17. The van der Waals surface area contributed by atoms with Crippen LogP contribution in [0.25, 0.3) is 0 Å². The van der Waals surface area contributed by atoms with Crippen molar-refractivity contribution in [2.45, 2.75) is 44.9 Å². The highest BCUT2D eigenvalue weighted by molar-refractivity contribution is 5.80. The molecule has 112 valence electrons. The van der Waals surface area contributed by atoms with E-state index in [2.05, 4.69) is 5.32 Å². The summed E-state index contributed by atoms with van der Waals surface area (Å²) in [6.45, 7) is 5.35. The number of nitrogens with one attached hydrogen (secondary N) is 1. The Morgan fingerprint density at radius 2 is 1.84 bits per heavy atom. The van der Waals surface area contributed by atoms with Crippen molar-refractivity contribution >= 4 is 12.1 Å². The highest BCUT2D eigenvalue weighted by Gasteiger charge is 2.26. The Kier molecular flexibility index (Phi) is 7.40. The van der Waals surface area contributed by atoms with Crippen molar-refractivity contribution < 1.29 is 28.9 Å². The first-order valence-electron chi connectivity index (χ1n) is 5.93. The minimum Gasteiger partial charge on any atom is -0.480 e. The molecule has 0 aliphatic heterocycles. The summed E-state index contributed by atoms with van der Waals surface area (Å²) in [5, 5.41) is 11.4. The summed E-state index contributed by atoms with van der Waals surface area (Å²) in [5.41, 5.74) is -0.680. The Morgan fingerprint density at radius 3 is 2.21 bits per heavy atom. The van der Waals surface area contributed by atoms with Gasteiger partial charge in [-0.05, 0) is 20.8 Å². The van der Waals surface area contributed by atoms with E-state index >= 15 is 0 Å². The van der Waals surface area contributed by atoms with Gasteiger partial charge in [0.15, 0.2) is 0 Å². The van der Waals surface area contributed by atoms with Gasteiger partial charge >= 0.3 is 12.1 Å². The lowest BCUT2D eigenvalue weighted by Crippen LogP contribution is -2.45. The zero-order valence-electron chi connectivity index (χ0n) is 12.1. The third-order valence-electron chi connectivity index (χ3n) is 2.17. The maximum Gasteiger partial charge on any atom is 0.408 e. The van der Waals surface area contributed by atoms with Gasteiger partial charge in [0.2, 0.25) is 0 Å². The molecule has 0 aliphatic rings. The predicted molar refractivity (Wildman–Crippen MR) is 68.1 cm³/mol. The van der Waals surface area contributed by atoms with Crippen molar-refractivity contribution in [1.82, 2.24) is 5.32 Å². The van der Waals surface area contributed by atoms with Crippen LogP contribution >= 0.6 is 0 Å². The molecule has 0 saturated carbocycles. The molecular formula is C12H23NO6. The molecule has 7 heteroatoms. The fraction of sp³-hybridized carbons (Fsp3) is 0.833. The number of alkyl carbamates (subject to hydrolysis) is 1. The molecule has 7 nitrogen and oxygen atoms in total. The van der Waals surface area contributed by atoms with Crippen molar-refractivity contribution in [3.8, 4) is 0 Å². The first-order valence-corrected chi connectivity index (χ1v) is 5.93. The van der Waals surface area contributed by atoms with Crippen LogP contribution in [-0.4, -0.2) is 55.7 Å². The Bertz CT molecular complexity index is 299. The van der Waals surface area contributed by atoms with E-state index in [9.17, 15) is 9.59 Å². The SMILES string of the molecule is COCC(CC(NC(=O)OC(C)(C)C)C(=O)O)OC. The van der Waals surface area contributed by atoms with Crippen LogP contribution in [0.15, 0.2) is 0 Å². The van der Waals surface area contributed by atoms with E-state index < -0.39 is 29.8 Å². The number of carbonyl (C=O) groups is 2. The standard InChI is InChI=1S/C12H23NO6/c1-12(2,3)19-11(16)13-9(10(14)15)6-8(18-5)7-17-4/h8-9H,6-7H2,1-5H3,(H,13,16)(H,14,15). The highest BCUT2D eigenvalue weighted by atomic mass is 16.6. The summed E-state index contributed by atoms with van der Waals surface area (Å²) in [7, 11) is 2.94. The second-order valence-corrected chi connectivity index (χ2v) is 5.09. The Morgan fingerprint density at radius 1 is 1.26 bits per heavy atom. The van der Waals surface area contributed by atoms with E-state index in [1.807, 2.05) is 0 Å². The first kappa shape index (κ1) is 17.7. The monoisotopic (exact) mass is 277 g/mol. The van der Waals surface area contributed by atoms with E-state index in [4.69, 9.17) is 19.3 Å². The van der Waals surface area contributed by atoms with E-state index in [1.54, 1.807) is 20.8 Å². The maximum atomic E-state index is 11.5. The largest absolute Gasteiger partial charge is 0.480 e. The fourth-order valence-corrected chi connectivity index (χ4v) is 1.35. The molecule has 0 bridgehead atoms. The number of amides is 1. The maximum absolute atomic E-state index is 11.5. The van der Waals surface area contributed by atoms with Crippen LogP contribution < -0.4 is 5.32 Å². The number of carboxylic acid groups (broad SMARTS) is 1. The molecule has 2 unspecified atom stereocenters. The number of rotatable bonds is 7. The molecule has 0 heterocycles. The molecule has 19 heavy (non-hydrogen) atoms. The molecule has 0 aliphatic carbocycles. The molecular weight excluding hydrogens is 254 g/mol.